The third-order valence-electron chi connectivity index (χ3n) is 5.75. The molecule has 1 saturated heterocycles. The smallest absolute Gasteiger partial charge is 0.275 e. The number of nitrogens with zero attached hydrogens (tertiary/aromatic N) is 2. The van der Waals surface area contributed by atoms with E-state index in [4.69, 9.17) is 5.73 Å². The Kier molecular flexibility index (Phi) is 5.90. The molecule has 2 aliphatic heterocycles. The summed E-state index contributed by atoms with van der Waals surface area (Å²) >= 11 is 1.37. The van der Waals surface area contributed by atoms with Crippen molar-refractivity contribution in [2.75, 3.05) is 36.9 Å². The molecule has 0 saturated carbocycles. The Balaban J connectivity index is 1.51. The molecule has 11 heteroatoms. The van der Waals surface area contributed by atoms with Gasteiger partial charge >= 0.3 is 0 Å². The van der Waals surface area contributed by atoms with Gasteiger partial charge in [-0.2, -0.15) is 0 Å². The Labute approximate surface area is 182 Å². The number of halogens is 1. The van der Waals surface area contributed by atoms with Gasteiger partial charge in [-0.05, 0) is 38.1 Å². The van der Waals surface area contributed by atoms with Crippen LogP contribution in [-0.4, -0.2) is 49.0 Å². The average molecular weight is 446 g/mol. The fourth-order valence-electron chi connectivity index (χ4n) is 3.82. The van der Waals surface area contributed by atoms with E-state index in [1.165, 1.54) is 23.5 Å². The highest BCUT2D eigenvalue weighted by Crippen LogP contribution is 2.32. The van der Waals surface area contributed by atoms with Crippen molar-refractivity contribution in [1.29, 1.82) is 0 Å². The molecule has 1 fully saturated rings. The molecule has 0 unspecified atom stereocenters. The van der Waals surface area contributed by atoms with Crippen molar-refractivity contribution in [3.05, 3.63) is 46.3 Å². The molecule has 0 atom stereocenters. The van der Waals surface area contributed by atoms with E-state index in [2.05, 4.69) is 26.5 Å². The number of likely N-dealkylation sites (N-methyl/N-ethyl adjacent to an activating group) is 1. The molecule has 1 aromatic carbocycles. The molecule has 4 rings (SSSR count). The van der Waals surface area contributed by atoms with Crippen LogP contribution in [-0.2, 0) is 4.79 Å². The molecule has 0 bridgehead atoms. The molecular formula is C20H24FN7O2S. The van der Waals surface area contributed by atoms with E-state index in [0.29, 0.717) is 43.9 Å². The third-order valence-corrected chi connectivity index (χ3v) is 6.67. The zero-order valence-corrected chi connectivity index (χ0v) is 17.8. The Morgan fingerprint density at radius 2 is 2.10 bits per heavy atom. The van der Waals surface area contributed by atoms with Gasteiger partial charge < -0.3 is 26.7 Å². The molecule has 3 heterocycles. The molecule has 2 aromatic rings. The van der Waals surface area contributed by atoms with Gasteiger partial charge in [-0.25, -0.2) is 14.8 Å². The number of carbonyl (C=O) groups is 2. The highest BCUT2D eigenvalue weighted by Gasteiger charge is 2.38. The molecule has 9 nitrogen and oxygen atoms in total. The van der Waals surface area contributed by atoms with Crippen LogP contribution >= 0.6 is 11.3 Å². The number of carbonyl (C=O) groups excluding carboxylic acids is 2. The van der Waals surface area contributed by atoms with Gasteiger partial charge in [0, 0.05) is 36.8 Å². The largest absolute Gasteiger partial charge is 0.370 e. The summed E-state index contributed by atoms with van der Waals surface area (Å²) in [6.07, 6.45) is 2.82. The summed E-state index contributed by atoms with van der Waals surface area (Å²) in [7, 11) is 1.72. The van der Waals surface area contributed by atoms with Crippen LogP contribution in [0.4, 0.5) is 15.8 Å². The van der Waals surface area contributed by atoms with Gasteiger partial charge in [0.1, 0.15) is 22.1 Å². The number of aromatic nitrogens is 1. The minimum Gasteiger partial charge on any atom is -0.370 e. The highest BCUT2D eigenvalue weighted by atomic mass is 32.1. The van der Waals surface area contributed by atoms with Gasteiger partial charge in [-0.1, -0.05) is 0 Å². The van der Waals surface area contributed by atoms with Gasteiger partial charge in [-0.15, -0.1) is 11.3 Å². The lowest BCUT2D eigenvalue weighted by molar-refractivity contribution is -0.125. The minimum atomic E-state index is -0.754. The summed E-state index contributed by atoms with van der Waals surface area (Å²) in [5.41, 5.74) is 13.0. The van der Waals surface area contributed by atoms with Gasteiger partial charge in [-0.3, -0.25) is 9.59 Å². The lowest BCUT2D eigenvalue weighted by Gasteiger charge is -2.41. The van der Waals surface area contributed by atoms with Crippen LogP contribution in [0.2, 0.25) is 0 Å². The summed E-state index contributed by atoms with van der Waals surface area (Å²) in [5, 5.41) is 8.25. The molecule has 2 amide bonds. The Morgan fingerprint density at radius 1 is 1.32 bits per heavy atom. The van der Waals surface area contributed by atoms with E-state index in [-0.39, 0.29) is 11.6 Å². The first kappa shape index (κ1) is 21.2. The van der Waals surface area contributed by atoms with Crippen molar-refractivity contribution < 1.29 is 14.0 Å². The normalized spacial score (nSPS) is 17.7. The maximum Gasteiger partial charge on any atom is 0.275 e. The highest BCUT2D eigenvalue weighted by molar-refractivity contribution is 7.11. The summed E-state index contributed by atoms with van der Waals surface area (Å²) < 4.78 is 14.0. The van der Waals surface area contributed by atoms with Crippen molar-refractivity contribution in [2.45, 2.75) is 18.4 Å². The van der Waals surface area contributed by atoms with Gasteiger partial charge in [0.2, 0.25) is 5.91 Å². The number of piperidine rings is 1. The number of benzene rings is 1. The minimum absolute atomic E-state index is 0.268. The summed E-state index contributed by atoms with van der Waals surface area (Å²) in [5.74, 6) is -1.25. The van der Waals surface area contributed by atoms with Crippen molar-refractivity contribution in [3.8, 4) is 0 Å². The van der Waals surface area contributed by atoms with Crippen molar-refractivity contribution in [3.63, 3.8) is 0 Å². The summed E-state index contributed by atoms with van der Waals surface area (Å²) in [4.78, 5) is 31.1. The topological polar surface area (TPSA) is 124 Å². The van der Waals surface area contributed by atoms with Gasteiger partial charge in [0.15, 0.2) is 0 Å². The second-order valence-corrected chi connectivity index (χ2v) is 8.36. The molecule has 0 radical (unpaired) electrons. The lowest BCUT2D eigenvalue weighted by atomic mass is 9.86. The maximum absolute atomic E-state index is 14.0. The van der Waals surface area contributed by atoms with Crippen LogP contribution in [0, 0.1) is 5.82 Å². The monoisotopic (exact) mass is 445 g/mol. The summed E-state index contributed by atoms with van der Waals surface area (Å²) in [6.45, 7) is 1.69. The molecule has 31 heavy (non-hydrogen) atoms. The van der Waals surface area contributed by atoms with E-state index >= 15 is 0 Å². The van der Waals surface area contributed by atoms with Crippen LogP contribution in [0.3, 0.4) is 0 Å². The van der Waals surface area contributed by atoms with Gasteiger partial charge in [0.05, 0.1) is 11.4 Å². The number of primary amides is 1. The zero-order valence-electron chi connectivity index (χ0n) is 17.0. The predicted octanol–water partition coefficient (Wildman–Crippen LogP) is 1.03. The molecule has 1 aromatic heterocycles. The number of amides is 2. The SMILES string of the molecule is CNC1(C(N)=O)CCN(c2ccc(F)cc2NC(=O)c2csc(C3=CNNC3)n2)CC1. The molecule has 0 spiro atoms. The molecule has 0 aliphatic carbocycles. The molecule has 164 valence electrons. The lowest BCUT2D eigenvalue weighted by Crippen LogP contribution is -2.59. The van der Waals surface area contributed by atoms with Gasteiger partial charge in [0.25, 0.3) is 5.91 Å². The number of hydrogen-bond acceptors (Lipinski definition) is 8. The number of nitrogens with two attached hydrogens (primary N) is 1. The number of anilines is 2. The fourth-order valence-corrected chi connectivity index (χ4v) is 4.63. The van der Waals surface area contributed by atoms with Crippen LogP contribution in [0.25, 0.3) is 5.57 Å². The zero-order chi connectivity index (χ0) is 22.0. The number of hydrazine groups is 1. The predicted molar refractivity (Wildman–Crippen MR) is 118 cm³/mol. The number of hydrogen-bond donors (Lipinski definition) is 5. The van der Waals surface area contributed by atoms with Crippen LogP contribution < -0.4 is 32.1 Å². The van der Waals surface area contributed by atoms with Crippen molar-refractivity contribution in [1.82, 2.24) is 21.2 Å². The quantitative estimate of drug-likeness (QED) is 0.450. The summed E-state index contributed by atoms with van der Waals surface area (Å²) in [6, 6.07) is 4.28. The molecular weight excluding hydrogens is 421 g/mol. The Bertz CT molecular complexity index is 1030. The first-order valence-corrected chi connectivity index (χ1v) is 10.8. The van der Waals surface area contributed by atoms with E-state index < -0.39 is 17.3 Å². The number of thiazole rings is 1. The van der Waals surface area contributed by atoms with E-state index in [1.807, 2.05) is 4.90 Å². The number of rotatable bonds is 6. The van der Waals surface area contributed by atoms with Crippen molar-refractivity contribution >= 4 is 40.1 Å². The Hall–Kier alpha value is -3.02. The van der Waals surface area contributed by atoms with E-state index in [1.54, 1.807) is 24.7 Å². The maximum atomic E-state index is 14.0. The second-order valence-electron chi connectivity index (χ2n) is 7.50. The van der Waals surface area contributed by atoms with Crippen LogP contribution in [0.15, 0.2) is 29.8 Å². The van der Waals surface area contributed by atoms with E-state index in [0.717, 1.165) is 10.6 Å². The molecule has 6 N–H and O–H groups in total. The second kappa shape index (κ2) is 8.61. The Morgan fingerprint density at radius 3 is 2.74 bits per heavy atom. The first-order chi connectivity index (χ1) is 14.9. The van der Waals surface area contributed by atoms with Crippen LogP contribution in [0.5, 0.6) is 0 Å². The van der Waals surface area contributed by atoms with E-state index in [9.17, 15) is 14.0 Å². The van der Waals surface area contributed by atoms with Crippen molar-refractivity contribution in [2.24, 2.45) is 5.73 Å². The first-order valence-electron chi connectivity index (χ1n) is 9.90. The third kappa shape index (κ3) is 4.24. The fraction of sp³-hybridized carbons (Fsp3) is 0.350. The standard InChI is InChI=1S/C20H24FN7O2S/c1-23-20(19(22)30)4-6-28(7-5-20)16-3-2-13(21)8-14(16)26-17(29)15-11-31-18(27-15)12-9-24-25-10-12/h2-3,8-9,11,23-25H,4-7,10H2,1H3,(H2,22,30)(H,26,29). The van der Waals surface area contributed by atoms with Crippen LogP contribution in [0.1, 0.15) is 28.3 Å². The molecule has 2 aliphatic rings. The average Bonchev–Trinajstić information content (AvgIpc) is 3.46. The number of nitrogens with one attached hydrogen (secondary N) is 4.